The molecule has 1 aliphatic heterocycles. The Balaban J connectivity index is 2.46. The number of sulfonamides is 1. The highest BCUT2D eigenvalue weighted by atomic mass is 32.2. The third-order valence-corrected chi connectivity index (χ3v) is 5.57. The molecule has 2 atom stereocenters. The SMILES string of the molecule is Cc1cc(F)ccc1S(=O)(=O)N1C(C)COCC1C. The fraction of sp³-hybridized carbons (Fsp3) is 0.538. The Labute approximate surface area is 113 Å². The maximum atomic E-state index is 13.1. The number of hydrogen-bond acceptors (Lipinski definition) is 3. The van der Waals surface area contributed by atoms with Crippen LogP contribution in [-0.4, -0.2) is 38.0 Å². The Morgan fingerprint density at radius 3 is 2.37 bits per heavy atom. The first-order chi connectivity index (χ1) is 8.84. The molecule has 0 radical (unpaired) electrons. The second-order valence-electron chi connectivity index (χ2n) is 4.98. The number of morpholine rings is 1. The van der Waals surface area contributed by atoms with Gasteiger partial charge < -0.3 is 4.74 Å². The molecule has 0 amide bonds. The Bertz CT molecular complexity index is 563. The molecule has 0 bridgehead atoms. The van der Waals surface area contributed by atoms with E-state index < -0.39 is 15.8 Å². The van der Waals surface area contributed by atoms with Crippen LogP contribution in [0.15, 0.2) is 23.1 Å². The maximum absolute atomic E-state index is 13.1. The van der Waals surface area contributed by atoms with E-state index in [-0.39, 0.29) is 17.0 Å². The standard InChI is InChI=1S/C13H18FNO3S/c1-9-6-12(14)4-5-13(9)19(16,17)15-10(2)7-18-8-11(15)3/h4-6,10-11H,7-8H2,1-3H3. The monoisotopic (exact) mass is 287 g/mol. The van der Waals surface area contributed by atoms with Gasteiger partial charge in [0.2, 0.25) is 10.0 Å². The van der Waals surface area contributed by atoms with Crippen molar-refractivity contribution in [3.8, 4) is 0 Å². The predicted octanol–water partition coefficient (Wildman–Crippen LogP) is 1.93. The Hall–Kier alpha value is -0.980. The van der Waals surface area contributed by atoms with Crippen molar-refractivity contribution in [1.82, 2.24) is 4.31 Å². The molecule has 0 saturated carbocycles. The van der Waals surface area contributed by atoms with Gasteiger partial charge in [0.05, 0.1) is 18.1 Å². The summed E-state index contributed by atoms with van der Waals surface area (Å²) in [5, 5.41) is 0. The molecule has 2 unspecified atom stereocenters. The number of aryl methyl sites for hydroxylation is 1. The van der Waals surface area contributed by atoms with Gasteiger partial charge >= 0.3 is 0 Å². The van der Waals surface area contributed by atoms with Crippen LogP contribution >= 0.6 is 0 Å². The summed E-state index contributed by atoms with van der Waals surface area (Å²) in [5.74, 6) is -0.431. The normalized spacial score (nSPS) is 25.5. The van der Waals surface area contributed by atoms with Crippen molar-refractivity contribution in [2.75, 3.05) is 13.2 Å². The fourth-order valence-electron chi connectivity index (χ4n) is 2.48. The molecular formula is C13H18FNO3S. The summed E-state index contributed by atoms with van der Waals surface area (Å²) in [6.07, 6.45) is 0. The number of benzene rings is 1. The average Bonchev–Trinajstić information content (AvgIpc) is 2.27. The predicted molar refractivity (Wildman–Crippen MR) is 69.9 cm³/mol. The van der Waals surface area contributed by atoms with Gasteiger partial charge in [-0.2, -0.15) is 4.31 Å². The minimum Gasteiger partial charge on any atom is -0.378 e. The first kappa shape index (κ1) is 14.4. The second kappa shape index (κ2) is 5.19. The van der Waals surface area contributed by atoms with Gasteiger partial charge in [0.25, 0.3) is 0 Å². The van der Waals surface area contributed by atoms with Crippen LogP contribution in [0, 0.1) is 12.7 Å². The van der Waals surface area contributed by atoms with Crippen molar-refractivity contribution in [2.45, 2.75) is 37.8 Å². The molecule has 0 N–H and O–H groups in total. The summed E-state index contributed by atoms with van der Waals surface area (Å²) in [4.78, 5) is 0.162. The molecule has 4 nitrogen and oxygen atoms in total. The van der Waals surface area contributed by atoms with Crippen LogP contribution in [-0.2, 0) is 14.8 Å². The minimum absolute atomic E-state index is 0.162. The Morgan fingerprint density at radius 1 is 1.26 bits per heavy atom. The summed E-state index contributed by atoms with van der Waals surface area (Å²) in [6.45, 7) is 5.98. The van der Waals surface area contributed by atoms with Crippen LogP contribution in [0.3, 0.4) is 0 Å². The number of rotatable bonds is 2. The topological polar surface area (TPSA) is 46.6 Å². The van der Waals surface area contributed by atoms with E-state index in [0.29, 0.717) is 18.8 Å². The smallest absolute Gasteiger partial charge is 0.243 e. The summed E-state index contributed by atoms with van der Waals surface area (Å²) < 4.78 is 45.3. The molecule has 1 fully saturated rings. The lowest BCUT2D eigenvalue weighted by molar-refractivity contribution is 0.00634. The number of nitrogens with zero attached hydrogens (tertiary/aromatic N) is 1. The van der Waals surface area contributed by atoms with Gasteiger partial charge in [0, 0.05) is 12.1 Å². The summed E-state index contributed by atoms with van der Waals surface area (Å²) in [7, 11) is -3.62. The molecule has 0 spiro atoms. The van der Waals surface area contributed by atoms with Crippen molar-refractivity contribution in [3.63, 3.8) is 0 Å². The molecular weight excluding hydrogens is 269 g/mol. The molecule has 1 aromatic carbocycles. The van der Waals surface area contributed by atoms with Gasteiger partial charge in [-0.3, -0.25) is 0 Å². The summed E-state index contributed by atoms with van der Waals surface area (Å²) in [6, 6.07) is 3.30. The average molecular weight is 287 g/mol. The van der Waals surface area contributed by atoms with E-state index in [0.717, 1.165) is 0 Å². The van der Waals surface area contributed by atoms with E-state index in [9.17, 15) is 12.8 Å². The van der Waals surface area contributed by atoms with E-state index in [1.54, 1.807) is 6.92 Å². The highest BCUT2D eigenvalue weighted by Gasteiger charge is 2.36. The Kier molecular flexibility index (Phi) is 3.94. The fourth-order valence-corrected chi connectivity index (χ4v) is 4.48. The number of ether oxygens (including phenoxy) is 1. The number of hydrogen-bond donors (Lipinski definition) is 0. The molecule has 106 valence electrons. The largest absolute Gasteiger partial charge is 0.378 e. The van der Waals surface area contributed by atoms with Gasteiger partial charge in [0.1, 0.15) is 5.82 Å². The van der Waals surface area contributed by atoms with Crippen LogP contribution in [0.2, 0.25) is 0 Å². The zero-order valence-corrected chi connectivity index (χ0v) is 12.1. The Morgan fingerprint density at radius 2 is 1.84 bits per heavy atom. The molecule has 6 heteroatoms. The molecule has 0 aromatic heterocycles. The molecule has 1 saturated heterocycles. The van der Waals surface area contributed by atoms with E-state index in [1.165, 1.54) is 22.5 Å². The third kappa shape index (κ3) is 2.66. The van der Waals surface area contributed by atoms with Crippen molar-refractivity contribution in [3.05, 3.63) is 29.6 Å². The highest BCUT2D eigenvalue weighted by Crippen LogP contribution is 2.26. The molecule has 2 rings (SSSR count). The zero-order chi connectivity index (χ0) is 14.2. The van der Waals surface area contributed by atoms with Crippen molar-refractivity contribution >= 4 is 10.0 Å². The van der Waals surface area contributed by atoms with E-state index in [1.807, 2.05) is 13.8 Å². The van der Waals surface area contributed by atoms with Crippen LogP contribution in [0.25, 0.3) is 0 Å². The van der Waals surface area contributed by atoms with Crippen molar-refractivity contribution in [1.29, 1.82) is 0 Å². The molecule has 1 aromatic rings. The van der Waals surface area contributed by atoms with Crippen LogP contribution in [0.4, 0.5) is 4.39 Å². The number of halogens is 1. The first-order valence-electron chi connectivity index (χ1n) is 6.21. The van der Waals surface area contributed by atoms with Gasteiger partial charge in [-0.15, -0.1) is 0 Å². The lowest BCUT2D eigenvalue weighted by Crippen LogP contribution is -2.52. The molecule has 1 heterocycles. The second-order valence-corrected chi connectivity index (χ2v) is 6.79. The van der Waals surface area contributed by atoms with E-state index >= 15 is 0 Å². The molecule has 19 heavy (non-hydrogen) atoms. The summed E-state index contributed by atoms with van der Waals surface area (Å²) >= 11 is 0. The van der Waals surface area contributed by atoms with Crippen LogP contribution < -0.4 is 0 Å². The lowest BCUT2D eigenvalue weighted by Gasteiger charge is -2.37. The van der Waals surface area contributed by atoms with Gasteiger partial charge in [-0.25, -0.2) is 12.8 Å². The van der Waals surface area contributed by atoms with Crippen LogP contribution in [0.5, 0.6) is 0 Å². The van der Waals surface area contributed by atoms with Crippen molar-refractivity contribution in [2.24, 2.45) is 0 Å². The lowest BCUT2D eigenvalue weighted by atomic mass is 10.2. The third-order valence-electron chi connectivity index (χ3n) is 3.28. The first-order valence-corrected chi connectivity index (χ1v) is 7.65. The van der Waals surface area contributed by atoms with Gasteiger partial charge in [-0.05, 0) is 44.5 Å². The van der Waals surface area contributed by atoms with Crippen LogP contribution in [0.1, 0.15) is 19.4 Å². The quantitative estimate of drug-likeness (QED) is 0.835. The molecule has 1 aliphatic rings. The highest BCUT2D eigenvalue weighted by molar-refractivity contribution is 7.89. The summed E-state index contributed by atoms with van der Waals surface area (Å²) in [5.41, 5.74) is 0.422. The molecule has 0 aliphatic carbocycles. The van der Waals surface area contributed by atoms with E-state index in [4.69, 9.17) is 4.74 Å². The van der Waals surface area contributed by atoms with Crippen molar-refractivity contribution < 1.29 is 17.5 Å². The maximum Gasteiger partial charge on any atom is 0.243 e. The zero-order valence-electron chi connectivity index (χ0n) is 11.3. The van der Waals surface area contributed by atoms with Gasteiger partial charge in [0.15, 0.2) is 0 Å². The minimum atomic E-state index is -3.62. The van der Waals surface area contributed by atoms with E-state index in [2.05, 4.69) is 0 Å². The van der Waals surface area contributed by atoms with Gasteiger partial charge in [-0.1, -0.05) is 0 Å².